The average Bonchev–Trinajstić information content (AvgIpc) is 3.09. The quantitative estimate of drug-likeness (QED) is 0.559. The number of hydrogen-bond donors (Lipinski definition) is 2. The Kier molecular flexibility index (Phi) is 6.20. The van der Waals surface area contributed by atoms with E-state index in [9.17, 15) is 18.0 Å². The number of anilines is 1. The Bertz CT molecular complexity index is 1280. The lowest BCUT2D eigenvalue weighted by Gasteiger charge is -2.31. The van der Waals surface area contributed by atoms with Crippen LogP contribution < -0.4 is 10.0 Å². The van der Waals surface area contributed by atoms with E-state index in [0.29, 0.717) is 17.7 Å². The summed E-state index contributed by atoms with van der Waals surface area (Å²) in [6.07, 6.45) is 1.05. The first kappa shape index (κ1) is 22.5. The number of hydrogen-bond acceptors (Lipinski definition) is 4. The van der Waals surface area contributed by atoms with Gasteiger partial charge >= 0.3 is 0 Å². The van der Waals surface area contributed by atoms with E-state index in [-0.39, 0.29) is 23.5 Å². The number of amides is 2. The van der Waals surface area contributed by atoms with Gasteiger partial charge in [-0.25, -0.2) is 8.42 Å². The highest BCUT2D eigenvalue weighted by Crippen LogP contribution is 2.41. The van der Waals surface area contributed by atoms with Crippen LogP contribution in [0.1, 0.15) is 46.1 Å². The molecule has 0 bridgehead atoms. The third kappa shape index (κ3) is 4.90. The number of benzene rings is 3. The van der Waals surface area contributed by atoms with Gasteiger partial charge in [-0.15, -0.1) is 0 Å². The Morgan fingerprint density at radius 3 is 2.27 bits per heavy atom. The molecule has 1 aliphatic heterocycles. The van der Waals surface area contributed by atoms with Crippen molar-refractivity contribution >= 4 is 27.5 Å². The summed E-state index contributed by atoms with van der Waals surface area (Å²) in [5, 5.41) is 2.95. The molecule has 0 saturated heterocycles. The van der Waals surface area contributed by atoms with Crippen LogP contribution in [0.5, 0.6) is 0 Å². The highest BCUT2D eigenvalue weighted by molar-refractivity contribution is 7.92. The summed E-state index contributed by atoms with van der Waals surface area (Å²) >= 11 is 0. The topological polar surface area (TPSA) is 95.6 Å². The van der Waals surface area contributed by atoms with Crippen molar-refractivity contribution in [3.63, 3.8) is 0 Å². The normalized spacial score (nSPS) is 16.2. The average molecular weight is 464 g/mol. The number of carbonyl (C=O) groups excluding carboxylic acids is 2. The highest BCUT2D eigenvalue weighted by atomic mass is 32.2. The Morgan fingerprint density at radius 1 is 1.00 bits per heavy atom. The van der Waals surface area contributed by atoms with Gasteiger partial charge in [-0.1, -0.05) is 66.7 Å². The molecule has 0 aliphatic carbocycles. The van der Waals surface area contributed by atoms with Crippen LogP contribution >= 0.6 is 0 Å². The maximum absolute atomic E-state index is 13.5. The number of sulfonamides is 1. The Labute approximate surface area is 193 Å². The van der Waals surface area contributed by atoms with Crippen molar-refractivity contribution in [3.05, 3.63) is 101 Å². The van der Waals surface area contributed by atoms with Crippen LogP contribution in [0.3, 0.4) is 0 Å². The van der Waals surface area contributed by atoms with E-state index in [0.717, 1.165) is 17.4 Å². The molecule has 0 radical (unpaired) electrons. The zero-order valence-corrected chi connectivity index (χ0v) is 19.2. The van der Waals surface area contributed by atoms with Gasteiger partial charge in [0.15, 0.2) is 0 Å². The third-order valence-corrected chi connectivity index (χ3v) is 6.26. The summed E-state index contributed by atoms with van der Waals surface area (Å²) in [5.74, 6) is -0.615. The molecule has 1 unspecified atom stereocenters. The van der Waals surface area contributed by atoms with Crippen molar-refractivity contribution in [2.75, 3.05) is 11.0 Å². The molecule has 1 aliphatic rings. The molecule has 3 aromatic carbocycles. The molecule has 2 atom stereocenters. The first-order valence-corrected chi connectivity index (χ1v) is 12.4. The van der Waals surface area contributed by atoms with Gasteiger partial charge < -0.3 is 10.2 Å². The maximum atomic E-state index is 13.5. The molecule has 1 heterocycles. The van der Waals surface area contributed by atoms with Gasteiger partial charge in [0.1, 0.15) is 6.04 Å². The second-order valence-electron chi connectivity index (χ2n) is 8.08. The minimum Gasteiger partial charge on any atom is -0.350 e. The summed E-state index contributed by atoms with van der Waals surface area (Å²) in [6.45, 7) is 2.22. The SMILES string of the molecule is CC(c1ccccc1)N1C(=O)c2cc(NS(C)(=O)=O)ccc2[C@@H]1C(=O)NCc1ccccc1. The summed E-state index contributed by atoms with van der Waals surface area (Å²) < 4.78 is 25.7. The van der Waals surface area contributed by atoms with Crippen LogP contribution in [0.25, 0.3) is 0 Å². The zero-order chi connectivity index (χ0) is 23.6. The van der Waals surface area contributed by atoms with Crippen molar-refractivity contribution in [1.29, 1.82) is 0 Å². The van der Waals surface area contributed by atoms with Gasteiger partial charge in [-0.05, 0) is 35.7 Å². The fourth-order valence-corrected chi connectivity index (χ4v) is 4.66. The van der Waals surface area contributed by atoms with Crippen LogP contribution in [0.2, 0.25) is 0 Å². The summed E-state index contributed by atoms with van der Waals surface area (Å²) in [5.41, 5.74) is 2.99. The second kappa shape index (κ2) is 9.07. The van der Waals surface area contributed by atoms with Crippen molar-refractivity contribution in [2.24, 2.45) is 0 Å². The molecular formula is C25H25N3O4S. The molecule has 3 aromatic rings. The number of nitrogens with one attached hydrogen (secondary N) is 2. The third-order valence-electron chi connectivity index (χ3n) is 5.65. The fraction of sp³-hybridized carbons (Fsp3) is 0.200. The molecule has 33 heavy (non-hydrogen) atoms. The van der Waals surface area contributed by atoms with Crippen molar-refractivity contribution < 1.29 is 18.0 Å². The molecule has 0 fully saturated rings. The lowest BCUT2D eigenvalue weighted by molar-refractivity contribution is -0.126. The van der Waals surface area contributed by atoms with Gasteiger partial charge in [0, 0.05) is 17.8 Å². The van der Waals surface area contributed by atoms with E-state index in [1.807, 2.05) is 67.6 Å². The minimum absolute atomic E-state index is 0.280. The fourth-order valence-electron chi connectivity index (χ4n) is 4.10. The van der Waals surface area contributed by atoms with Crippen LogP contribution in [0.4, 0.5) is 5.69 Å². The molecule has 8 heteroatoms. The summed E-state index contributed by atoms with van der Waals surface area (Å²) in [7, 11) is -3.51. The van der Waals surface area contributed by atoms with Gasteiger partial charge in [0.2, 0.25) is 15.9 Å². The van der Waals surface area contributed by atoms with Crippen molar-refractivity contribution in [1.82, 2.24) is 10.2 Å². The van der Waals surface area contributed by atoms with Crippen molar-refractivity contribution in [2.45, 2.75) is 25.6 Å². The lowest BCUT2D eigenvalue weighted by Crippen LogP contribution is -2.40. The number of fused-ring (bicyclic) bond motifs is 1. The van der Waals surface area contributed by atoms with Crippen molar-refractivity contribution in [3.8, 4) is 0 Å². The molecular weight excluding hydrogens is 438 g/mol. The standard InChI is InChI=1S/C25H25N3O4S/c1-17(19-11-7-4-8-12-19)28-23(24(29)26-16-18-9-5-3-6-10-18)21-14-13-20(27-33(2,31)32)15-22(21)25(28)30/h3-15,17,23,27H,16H2,1-2H3,(H,26,29)/t17?,23-/m1/s1. The lowest BCUT2D eigenvalue weighted by atomic mass is 10.0. The van der Waals surface area contributed by atoms with E-state index >= 15 is 0 Å². The summed E-state index contributed by atoms with van der Waals surface area (Å²) in [4.78, 5) is 28.4. The van der Waals surface area contributed by atoms with Gasteiger partial charge in [0.25, 0.3) is 5.91 Å². The van der Waals surface area contributed by atoms with Crippen LogP contribution in [-0.2, 0) is 21.4 Å². The molecule has 0 aromatic heterocycles. The molecule has 4 rings (SSSR count). The van der Waals surface area contributed by atoms with Gasteiger partial charge in [-0.3, -0.25) is 14.3 Å². The Balaban J connectivity index is 1.70. The predicted octanol–water partition coefficient (Wildman–Crippen LogP) is 3.63. The number of rotatable bonds is 7. The highest BCUT2D eigenvalue weighted by Gasteiger charge is 2.43. The van der Waals surface area contributed by atoms with E-state index in [2.05, 4.69) is 10.0 Å². The van der Waals surface area contributed by atoms with Gasteiger partial charge in [0.05, 0.1) is 12.3 Å². The molecule has 0 saturated carbocycles. The Hall–Kier alpha value is -3.65. The molecule has 7 nitrogen and oxygen atoms in total. The minimum atomic E-state index is -3.51. The molecule has 2 N–H and O–H groups in total. The number of nitrogens with zero attached hydrogens (tertiary/aromatic N) is 1. The largest absolute Gasteiger partial charge is 0.350 e. The predicted molar refractivity (Wildman–Crippen MR) is 127 cm³/mol. The maximum Gasteiger partial charge on any atom is 0.255 e. The van der Waals surface area contributed by atoms with E-state index < -0.39 is 16.1 Å². The van der Waals surface area contributed by atoms with Gasteiger partial charge in [-0.2, -0.15) is 0 Å². The smallest absolute Gasteiger partial charge is 0.255 e. The molecule has 170 valence electrons. The van der Waals surface area contributed by atoms with E-state index in [1.54, 1.807) is 17.0 Å². The summed E-state index contributed by atoms with van der Waals surface area (Å²) in [6, 6.07) is 22.5. The monoisotopic (exact) mass is 463 g/mol. The van der Waals surface area contributed by atoms with Crippen LogP contribution in [-0.4, -0.2) is 31.4 Å². The molecule has 2 amide bonds. The first-order valence-electron chi connectivity index (χ1n) is 10.6. The second-order valence-corrected chi connectivity index (χ2v) is 9.83. The van der Waals surface area contributed by atoms with E-state index in [4.69, 9.17) is 0 Å². The van der Waals surface area contributed by atoms with E-state index in [1.165, 1.54) is 6.07 Å². The zero-order valence-electron chi connectivity index (χ0n) is 18.4. The van der Waals surface area contributed by atoms with Crippen LogP contribution in [0, 0.1) is 0 Å². The molecule has 0 spiro atoms. The number of carbonyl (C=O) groups is 2. The first-order chi connectivity index (χ1) is 15.7. The Morgan fingerprint density at radius 2 is 1.64 bits per heavy atom. The van der Waals surface area contributed by atoms with Crippen LogP contribution in [0.15, 0.2) is 78.9 Å².